The van der Waals surface area contributed by atoms with Crippen LogP contribution in [0.1, 0.15) is 49.7 Å². The fraction of sp³-hybridized carbons (Fsp3) is 0.409. The van der Waals surface area contributed by atoms with Crippen molar-refractivity contribution in [1.29, 1.82) is 0 Å². The number of hydrogen-bond donors (Lipinski definition) is 0. The van der Waals surface area contributed by atoms with E-state index >= 15 is 0 Å². The molecule has 1 saturated carbocycles. The highest BCUT2D eigenvalue weighted by Crippen LogP contribution is 2.29. The molecule has 0 bridgehead atoms. The van der Waals surface area contributed by atoms with E-state index in [1.165, 1.54) is 38.5 Å². The summed E-state index contributed by atoms with van der Waals surface area (Å²) in [4.78, 5) is 11.9. The second-order valence-corrected chi connectivity index (χ2v) is 7.43. The number of benzene rings is 2. The van der Waals surface area contributed by atoms with Crippen molar-refractivity contribution in [2.24, 2.45) is 5.92 Å². The summed E-state index contributed by atoms with van der Waals surface area (Å²) in [6, 6.07) is 7.16. The first-order valence-electron chi connectivity index (χ1n) is 9.66. The highest BCUT2D eigenvalue weighted by molar-refractivity contribution is 5.75. The summed E-state index contributed by atoms with van der Waals surface area (Å²) < 4.78 is 71.1. The summed E-state index contributed by atoms with van der Waals surface area (Å²) in [5.41, 5.74) is 1.65. The lowest BCUT2D eigenvalue weighted by molar-refractivity contribution is -0.134. The Balaban J connectivity index is 1.63. The van der Waals surface area contributed by atoms with Crippen molar-refractivity contribution in [3.8, 4) is 5.75 Å². The molecule has 0 radical (unpaired) electrons. The van der Waals surface area contributed by atoms with E-state index in [2.05, 4.69) is 4.74 Å². The van der Waals surface area contributed by atoms with Crippen molar-refractivity contribution in [2.45, 2.75) is 51.4 Å². The molecule has 0 atom stereocenters. The molecule has 0 N–H and O–H groups in total. The number of halogens is 5. The van der Waals surface area contributed by atoms with Gasteiger partial charge in [-0.05, 0) is 23.5 Å². The van der Waals surface area contributed by atoms with Crippen LogP contribution < -0.4 is 4.74 Å². The Morgan fingerprint density at radius 2 is 1.24 bits per heavy atom. The summed E-state index contributed by atoms with van der Waals surface area (Å²) in [5, 5.41) is 0. The minimum absolute atomic E-state index is 0.358. The molecule has 0 unspecified atom stereocenters. The molecule has 2 nitrogen and oxygen atoms in total. The van der Waals surface area contributed by atoms with Gasteiger partial charge in [0.2, 0.25) is 34.8 Å². The monoisotopic (exact) mass is 412 g/mol. The first-order valence-corrected chi connectivity index (χ1v) is 9.66. The Kier molecular flexibility index (Phi) is 6.87. The predicted molar refractivity (Wildman–Crippen MR) is 96.9 cm³/mol. The van der Waals surface area contributed by atoms with Gasteiger partial charge in [0.25, 0.3) is 0 Å². The second-order valence-electron chi connectivity index (χ2n) is 7.43. The molecule has 1 aliphatic carbocycles. The Labute approximate surface area is 165 Å². The fourth-order valence-electron chi connectivity index (χ4n) is 3.69. The van der Waals surface area contributed by atoms with Crippen molar-refractivity contribution in [2.75, 3.05) is 0 Å². The molecule has 156 valence electrons. The van der Waals surface area contributed by atoms with Gasteiger partial charge in [-0.2, -0.15) is 8.78 Å². The first-order chi connectivity index (χ1) is 13.9. The SMILES string of the molecule is O=C(Cc1ccc(CC2CCCCCC2)cc1)Oc1c(F)c(F)c(F)c(F)c1F. The number of hydrogen-bond acceptors (Lipinski definition) is 2. The minimum atomic E-state index is -2.30. The van der Waals surface area contributed by atoms with Gasteiger partial charge in [0.1, 0.15) is 0 Å². The predicted octanol–water partition coefficient (Wildman–Crippen LogP) is 6.04. The van der Waals surface area contributed by atoms with Crippen LogP contribution in [-0.2, 0) is 17.6 Å². The zero-order valence-electron chi connectivity index (χ0n) is 15.7. The fourth-order valence-corrected chi connectivity index (χ4v) is 3.69. The van der Waals surface area contributed by atoms with Gasteiger partial charge in [0.15, 0.2) is 0 Å². The molecule has 0 saturated heterocycles. The largest absolute Gasteiger partial charge is 0.420 e. The summed E-state index contributed by atoms with van der Waals surface area (Å²) in [7, 11) is 0. The van der Waals surface area contributed by atoms with Crippen LogP contribution in [0.3, 0.4) is 0 Å². The van der Waals surface area contributed by atoms with Gasteiger partial charge in [0, 0.05) is 0 Å². The van der Waals surface area contributed by atoms with Crippen molar-refractivity contribution in [1.82, 2.24) is 0 Å². The third-order valence-electron chi connectivity index (χ3n) is 5.26. The molecule has 0 aromatic heterocycles. The molecule has 1 aliphatic rings. The molecule has 0 amide bonds. The Bertz CT molecular complexity index is 843. The molecule has 7 heteroatoms. The van der Waals surface area contributed by atoms with Crippen LogP contribution in [0.2, 0.25) is 0 Å². The van der Waals surface area contributed by atoms with E-state index in [1.54, 1.807) is 12.1 Å². The van der Waals surface area contributed by atoms with E-state index in [0.29, 0.717) is 11.5 Å². The van der Waals surface area contributed by atoms with E-state index in [9.17, 15) is 26.7 Å². The van der Waals surface area contributed by atoms with Crippen molar-refractivity contribution in [3.63, 3.8) is 0 Å². The highest BCUT2D eigenvalue weighted by Gasteiger charge is 2.28. The highest BCUT2D eigenvalue weighted by atomic mass is 19.2. The van der Waals surface area contributed by atoms with Gasteiger partial charge >= 0.3 is 5.97 Å². The summed E-state index contributed by atoms with van der Waals surface area (Å²) in [6.45, 7) is 0. The molecule has 0 heterocycles. The van der Waals surface area contributed by atoms with E-state index in [-0.39, 0.29) is 6.42 Å². The summed E-state index contributed by atoms with van der Waals surface area (Å²) >= 11 is 0. The molecule has 2 aromatic rings. The van der Waals surface area contributed by atoms with Crippen LogP contribution in [0.15, 0.2) is 24.3 Å². The molecule has 29 heavy (non-hydrogen) atoms. The van der Waals surface area contributed by atoms with Crippen molar-refractivity contribution >= 4 is 5.97 Å². The lowest BCUT2D eigenvalue weighted by Crippen LogP contribution is -2.15. The number of carbonyl (C=O) groups is 1. The molecule has 0 spiro atoms. The average Bonchev–Trinajstić information content (AvgIpc) is 2.98. The number of carbonyl (C=O) groups excluding carboxylic acids is 1. The average molecular weight is 412 g/mol. The third-order valence-corrected chi connectivity index (χ3v) is 5.26. The van der Waals surface area contributed by atoms with Crippen LogP contribution in [0.4, 0.5) is 22.0 Å². The normalized spacial score (nSPS) is 15.2. The maximum Gasteiger partial charge on any atom is 0.315 e. The Morgan fingerprint density at radius 1 is 0.759 bits per heavy atom. The van der Waals surface area contributed by atoms with Gasteiger partial charge in [-0.15, -0.1) is 0 Å². The Hall–Kier alpha value is -2.44. The van der Waals surface area contributed by atoms with Crippen LogP contribution in [0, 0.1) is 35.0 Å². The number of ether oxygens (including phenoxy) is 1. The van der Waals surface area contributed by atoms with Gasteiger partial charge in [-0.3, -0.25) is 4.79 Å². The molecular formula is C22H21F5O2. The van der Waals surface area contributed by atoms with Gasteiger partial charge in [0.05, 0.1) is 6.42 Å². The lowest BCUT2D eigenvalue weighted by atomic mass is 9.92. The summed E-state index contributed by atoms with van der Waals surface area (Å²) in [5.74, 6) is -13.0. The van der Waals surface area contributed by atoms with E-state index in [1.807, 2.05) is 12.1 Å². The molecule has 3 rings (SSSR count). The molecule has 0 aliphatic heterocycles. The van der Waals surface area contributed by atoms with Crippen molar-refractivity contribution in [3.05, 3.63) is 64.5 Å². The van der Waals surface area contributed by atoms with Crippen molar-refractivity contribution < 1.29 is 31.5 Å². The molecular weight excluding hydrogens is 391 g/mol. The van der Waals surface area contributed by atoms with Crippen LogP contribution >= 0.6 is 0 Å². The standard InChI is InChI=1S/C22H21F5O2/c23-17-18(24)20(26)22(21(27)19(17)25)29-16(28)12-15-9-7-14(8-10-15)11-13-5-3-1-2-4-6-13/h7-10,13H,1-6,11-12H2. The van der Waals surface area contributed by atoms with Gasteiger partial charge in [-0.25, -0.2) is 13.2 Å². The maximum absolute atomic E-state index is 13.6. The van der Waals surface area contributed by atoms with Gasteiger partial charge in [-0.1, -0.05) is 62.8 Å². The minimum Gasteiger partial charge on any atom is -0.420 e. The van der Waals surface area contributed by atoms with Crippen LogP contribution in [-0.4, -0.2) is 5.97 Å². The second kappa shape index (κ2) is 9.37. The zero-order valence-corrected chi connectivity index (χ0v) is 15.7. The van der Waals surface area contributed by atoms with Crippen LogP contribution in [0.5, 0.6) is 5.75 Å². The van der Waals surface area contributed by atoms with Gasteiger partial charge < -0.3 is 4.74 Å². The zero-order chi connectivity index (χ0) is 21.0. The number of esters is 1. The summed E-state index contributed by atoms with van der Waals surface area (Å²) in [6.07, 6.45) is 8.05. The first kappa shape index (κ1) is 21.3. The number of rotatable bonds is 5. The Morgan fingerprint density at radius 3 is 1.79 bits per heavy atom. The molecule has 1 fully saturated rings. The smallest absolute Gasteiger partial charge is 0.315 e. The van der Waals surface area contributed by atoms with E-state index in [4.69, 9.17) is 0 Å². The van der Waals surface area contributed by atoms with E-state index in [0.717, 1.165) is 12.0 Å². The topological polar surface area (TPSA) is 26.3 Å². The molecule has 2 aromatic carbocycles. The lowest BCUT2D eigenvalue weighted by Gasteiger charge is -2.14. The van der Waals surface area contributed by atoms with E-state index < -0.39 is 40.8 Å². The third kappa shape index (κ3) is 5.14. The maximum atomic E-state index is 13.6. The quantitative estimate of drug-likeness (QED) is 0.149. The van der Waals surface area contributed by atoms with Crippen LogP contribution in [0.25, 0.3) is 0 Å².